The van der Waals surface area contributed by atoms with Crippen LogP contribution in [0, 0.1) is 0 Å². The maximum absolute atomic E-state index is 6.13. The summed E-state index contributed by atoms with van der Waals surface area (Å²) in [4.78, 5) is 6.09. The molecule has 0 amide bonds. The summed E-state index contributed by atoms with van der Waals surface area (Å²) in [7, 11) is 3.54. The lowest BCUT2D eigenvalue weighted by atomic mass is 10.00. The Kier molecular flexibility index (Phi) is 4.52. The Balaban J connectivity index is 2.07. The van der Waals surface area contributed by atoms with Gasteiger partial charge in [-0.15, -0.1) is 0 Å². The van der Waals surface area contributed by atoms with Gasteiger partial charge in [-0.2, -0.15) is 5.06 Å². The van der Waals surface area contributed by atoms with E-state index in [0.717, 1.165) is 22.6 Å². The molecule has 1 heterocycles. The minimum atomic E-state index is -0.273. The molecule has 0 aromatic heterocycles. The van der Waals surface area contributed by atoms with Gasteiger partial charge in [0.1, 0.15) is 24.2 Å². The molecule has 0 fully saturated rings. The lowest BCUT2D eigenvalue weighted by Gasteiger charge is -2.29. The Morgan fingerprint density at radius 1 is 1.23 bits per heavy atom. The van der Waals surface area contributed by atoms with E-state index in [0.29, 0.717) is 18.2 Å². The van der Waals surface area contributed by atoms with Gasteiger partial charge in [0.15, 0.2) is 0 Å². The summed E-state index contributed by atoms with van der Waals surface area (Å²) in [5, 5.41) is 2.47. The van der Waals surface area contributed by atoms with E-state index in [1.165, 1.54) is 0 Å². The molecule has 0 spiro atoms. The number of hydrogen-bond acceptors (Lipinski definition) is 4. The molecule has 2 aromatic carbocycles. The molecule has 1 unspecified atom stereocenters. The molecule has 4 nitrogen and oxygen atoms in total. The van der Waals surface area contributed by atoms with Gasteiger partial charge in [-0.3, -0.25) is 4.84 Å². The predicted octanol–water partition coefficient (Wildman–Crippen LogP) is 3.69. The molecular weight excluding hydrogens is 302 g/mol. The van der Waals surface area contributed by atoms with Gasteiger partial charge in [0.2, 0.25) is 0 Å². The number of methoxy groups -OCH3 is 1. The van der Waals surface area contributed by atoms with Crippen LogP contribution >= 0.6 is 11.6 Å². The first-order chi connectivity index (χ1) is 10.7. The van der Waals surface area contributed by atoms with Crippen LogP contribution in [-0.2, 0) is 4.84 Å². The predicted molar refractivity (Wildman–Crippen MR) is 85.5 cm³/mol. The summed E-state index contributed by atoms with van der Waals surface area (Å²) in [6, 6.07) is 13.5. The van der Waals surface area contributed by atoms with Crippen molar-refractivity contribution in [2.75, 3.05) is 27.3 Å². The molecule has 0 saturated heterocycles. The fraction of sp³-hybridized carbons (Fsp3) is 0.294. The van der Waals surface area contributed by atoms with E-state index in [1.54, 1.807) is 12.2 Å². The largest absolute Gasteiger partial charge is 0.497 e. The van der Waals surface area contributed by atoms with Gasteiger partial charge in [0.25, 0.3) is 0 Å². The van der Waals surface area contributed by atoms with Crippen molar-refractivity contribution < 1.29 is 14.3 Å². The van der Waals surface area contributed by atoms with Crippen molar-refractivity contribution in [3.63, 3.8) is 0 Å². The summed E-state index contributed by atoms with van der Waals surface area (Å²) in [6.07, 6.45) is -0.273. The zero-order chi connectivity index (χ0) is 15.5. The molecule has 0 radical (unpaired) electrons. The Labute approximate surface area is 135 Å². The summed E-state index contributed by atoms with van der Waals surface area (Å²) in [5.41, 5.74) is 1.94. The van der Waals surface area contributed by atoms with Crippen LogP contribution in [0.3, 0.4) is 0 Å². The van der Waals surface area contributed by atoms with E-state index < -0.39 is 0 Å². The maximum atomic E-state index is 6.13. The topological polar surface area (TPSA) is 30.9 Å². The first-order valence-electron chi connectivity index (χ1n) is 7.11. The number of halogens is 1. The van der Waals surface area contributed by atoms with Crippen molar-refractivity contribution in [3.05, 3.63) is 58.6 Å². The Hall–Kier alpha value is -1.75. The number of hydrogen-bond donors (Lipinski definition) is 0. The van der Waals surface area contributed by atoms with E-state index in [-0.39, 0.29) is 6.10 Å². The van der Waals surface area contributed by atoms with Gasteiger partial charge < -0.3 is 9.47 Å². The minimum absolute atomic E-state index is 0.273. The third-order valence-corrected chi connectivity index (χ3v) is 3.84. The summed E-state index contributed by atoms with van der Waals surface area (Å²) < 4.78 is 11.2. The monoisotopic (exact) mass is 319 g/mol. The third kappa shape index (κ3) is 3.19. The third-order valence-electron chi connectivity index (χ3n) is 3.60. The number of benzene rings is 2. The van der Waals surface area contributed by atoms with Crippen LogP contribution in [0.1, 0.15) is 17.2 Å². The number of rotatable bonds is 2. The van der Waals surface area contributed by atoms with Crippen LogP contribution in [0.25, 0.3) is 0 Å². The fourth-order valence-corrected chi connectivity index (χ4v) is 2.67. The average Bonchev–Trinajstić information content (AvgIpc) is 2.51. The number of fused-ring (bicyclic) bond motifs is 1. The van der Waals surface area contributed by atoms with Crippen LogP contribution < -0.4 is 9.47 Å². The highest BCUT2D eigenvalue weighted by Gasteiger charge is 2.24. The van der Waals surface area contributed by atoms with Gasteiger partial charge in [0, 0.05) is 23.7 Å². The highest BCUT2D eigenvalue weighted by molar-refractivity contribution is 6.30. The van der Waals surface area contributed by atoms with Crippen molar-refractivity contribution >= 4 is 11.6 Å². The summed E-state index contributed by atoms with van der Waals surface area (Å²) in [5.74, 6) is 1.54. The fourth-order valence-electron chi connectivity index (χ4n) is 2.47. The summed E-state index contributed by atoms with van der Waals surface area (Å²) >= 11 is 6.13. The zero-order valence-corrected chi connectivity index (χ0v) is 13.3. The molecule has 0 aliphatic carbocycles. The normalized spacial score (nSPS) is 18.8. The van der Waals surface area contributed by atoms with Gasteiger partial charge >= 0.3 is 0 Å². The van der Waals surface area contributed by atoms with Crippen molar-refractivity contribution in [1.82, 2.24) is 5.06 Å². The van der Waals surface area contributed by atoms with E-state index >= 15 is 0 Å². The molecule has 1 aliphatic rings. The van der Waals surface area contributed by atoms with Gasteiger partial charge in [-0.1, -0.05) is 23.7 Å². The second kappa shape index (κ2) is 6.57. The van der Waals surface area contributed by atoms with Crippen LogP contribution in [-0.4, -0.2) is 32.4 Å². The van der Waals surface area contributed by atoms with Gasteiger partial charge in [-0.25, -0.2) is 0 Å². The molecule has 0 saturated carbocycles. The molecule has 116 valence electrons. The first-order valence-corrected chi connectivity index (χ1v) is 7.49. The highest BCUT2D eigenvalue weighted by Crippen LogP contribution is 2.37. The van der Waals surface area contributed by atoms with Crippen molar-refractivity contribution in [2.45, 2.75) is 6.10 Å². The van der Waals surface area contributed by atoms with Crippen LogP contribution in [0.5, 0.6) is 11.5 Å². The number of ether oxygens (including phenoxy) is 2. The molecule has 5 heteroatoms. The minimum Gasteiger partial charge on any atom is -0.497 e. The van der Waals surface area contributed by atoms with E-state index in [9.17, 15) is 0 Å². The van der Waals surface area contributed by atoms with E-state index in [1.807, 2.05) is 49.5 Å². The van der Waals surface area contributed by atoms with Gasteiger partial charge in [0.05, 0.1) is 13.7 Å². The molecule has 2 aromatic rings. The van der Waals surface area contributed by atoms with Gasteiger partial charge in [-0.05, 0) is 29.8 Å². The molecular formula is C17H18ClNO3. The SMILES string of the molecule is COc1ccc2c(c1)OCCN(C)OC2c1cccc(Cl)c1. The average molecular weight is 320 g/mol. The number of hydroxylamine groups is 2. The molecule has 0 bridgehead atoms. The Morgan fingerprint density at radius 3 is 2.86 bits per heavy atom. The van der Waals surface area contributed by atoms with Crippen LogP contribution in [0.2, 0.25) is 5.02 Å². The second-order valence-corrected chi connectivity index (χ2v) is 5.58. The van der Waals surface area contributed by atoms with Crippen LogP contribution in [0.15, 0.2) is 42.5 Å². The highest BCUT2D eigenvalue weighted by atomic mass is 35.5. The molecule has 1 aliphatic heterocycles. The van der Waals surface area contributed by atoms with Crippen LogP contribution in [0.4, 0.5) is 0 Å². The molecule has 0 N–H and O–H groups in total. The van der Waals surface area contributed by atoms with Crippen molar-refractivity contribution in [2.24, 2.45) is 0 Å². The first kappa shape index (κ1) is 15.2. The number of nitrogens with zero attached hydrogens (tertiary/aromatic N) is 1. The molecule has 1 atom stereocenters. The van der Waals surface area contributed by atoms with E-state index in [2.05, 4.69) is 0 Å². The molecule has 3 rings (SSSR count). The zero-order valence-electron chi connectivity index (χ0n) is 12.6. The maximum Gasteiger partial charge on any atom is 0.133 e. The lowest BCUT2D eigenvalue weighted by Crippen LogP contribution is -2.29. The van der Waals surface area contributed by atoms with E-state index in [4.69, 9.17) is 25.9 Å². The number of likely N-dealkylation sites (N-methyl/N-ethyl adjacent to an activating group) is 1. The quantitative estimate of drug-likeness (QED) is 0.844. The Bertz CT molecular complexity index is 662. The smallest absolute Gasteiger partial charge is 0.133 e. The second-order valence-electron chi connectivity index (χ2n) is 5.14. The summed E-state index contributed by atoms with van der Waals surface area (Å²) in [6.45, 7) is 1.23. The van der Waals surface area contributed by atoms with Crippen molar-refractivity contribution in [3.8, 4) is 11.5 Å². The van der Waals surface area contributed by atoms with Crippen molar-refractivity contribution in [1.29, 1.82) is 0 Å². The Morgan fingerprint density at radius 2 is 2.09 bits per heavy atom. The molecule has 22 heavy (non-hydrogen) atoms. The lowest BCUT2D eigenvalue weighted by molar-refractivity contribution is -0.178. The standard InChI is InChI=1S/C17H18ClNO3/c1-19-8-9-21-16-11-14(20-2)6-7-15(16)17(22-19)12-4-3-5-13(18)10-12/h3-7,10-11,17H,8-9H2,1-2H3.